The molecule has 1 aromatic carbocycles. The zero-order chi connectivity index (χ0) is 12.0. The van der Waals surface area contributed by atoms with E-state index in [1.807, 2.05) is 6.92 Å². The molecule has 0 spiro atoms. The quantitative estimate of drug-likeness (QED) is 0.798. The van der Waals surface area contributed by atoms with Gasteiger partial charge in [-0.3, -0.25) is 4.79 Å². The van der Waals surface area contributed by atoms with Crippen LogP contribution in [-0.2, 0) is 4.79 Å². The van der Waals surface area contributed by atoms with Gasteiger partial charge in [-0.25, -0.2) is 0 Å². The maximum absolute atomic E-state index is 11.6. The summed E-state index contributed by atoms with van der Waals surface area (Å²) in [5.41, 5.74) is 6.43. The number of rotatable bonds is 5. The first kappa shape index (κ1) is 12.5. The van der Waals surface area contributed by atoms with E-state index in [9.17, 15) is 4.79 Å². The first-order chi connectivity index (χ1) is 7.67. The zero-order valence-corrected chi connectivity index (χ0v) is 9.69. The summed E-state index contributed by atoms with van der Waals surface area (Å²) in [5.74, 6) is 0.614. The van der Waals surface area contributed by atoms with Gasteiger partial charge in [0.05, 0.1) is 13.2 Å². The van der Waals surface area contributed by atoms with Crippen molar-refractivity contribution in [2.45, 2.75) is 25.8 Å². The molecule has 1 aromatic rings. The van der Waals surface area contributed by atoms with Gasteiger partial charge in [-0.15, -0.1) is 0 Å². The second kappa shape index (κ2) is 6.12. The van der Waals surface area contributed by atoms with E-state index < -0.39 is 6.04 Å². The Hall–Kier alpha value is -1.55. The number of hydrogen-bond acceptors (Lipinski definition) is 3. The highest BCUT2D eigenvalue weighted by molar-refractivity contribution is 5.94. The average Bonchev–Trinajstić information content (AvgIpc) is 2.30. The van der Waals surface area contributed by atoms with Crippen molar-refractivity contribution in [2.24, 2.45) is 5.73 Å². The lowest BCUT2D eigenvalue weighted by molar-refractivity contribution is -0.117. The number of nitrogens with one attached hydrogen (secondary N) is 1. The number of methoxy groups -OCH3 is 1. The molecule has 3 N–H and O–H groups in total. The number of carbonyl (C=O) groups is 1. The molecule has 0 aliphatic rings. The van der Waals surface area contributed by atoms with Gasteiger partial charge >= 0.3 is 0 Å². The fourth-order valence-electron chi connectivity index (χ4n) is 1.35. The van der Waals surface area contributed by atoms with Crippen LogP contribution in [0.15, 0.2) is 24.3 Å². The van der Waals surface area contributed by atoms with Crippen molar-refractivity contribution in [2.75, 3.05) is 12.4 Å². The van der Waals surface area contributed by atoms with E-state index in [1.165, 1.54) is 0 Å². The number of nitrogens with two attached hydrogens (primary N) is 1. The van der Waals surface area contributed by atoms with Crippen LogP contribution in [0.1, 0.15) is 19.8 Å². The van der Waals surface area contributed by atoms with Crippen molar-refractivity contribution in [3.63, 3.8) is 0 Å². The maximum Gasteiger partial charge on any atom is 0.241 e. The SMILES string of the molecule is CCC[C@@H](N)C(=O)Nc1ccc(OC)cc1. The van der Waals surface area contributed by atoms with Gasteiger partial charge in [0.1, 0.15) is 5.75 Å². The normalized spacial score (nSPS) is 11.9. The predicted molar refractivity (Wildman–Crippen MR) is 64.5 cm³/mol. The first-order valence-corrected chi connectivity index (χ1v) is 5.38. The van der Waals surface area contributed by atoms with Crippen molar-refractivity contribution in [3.05, 3.63) is 24.3 Å². The molecule has 0 saturated carbocycles. The van der Waals surface area contributed by atoms with Crippen molar-refractivity contribution in [1.29, 1.82) is 0 Å². The summed E-state index contributed by atoms with van der Waals surface area (Å²) in [4.78, 5) is 11.6. The Kier molecular flexibility index (Phi) is 4.79. The van der Waals surface area contributed by atoms with Crippen LogP contribution in [0.5, 0.6) is 5.75 Å². The first-order valence-electron chi connectivity index (χ1n) is 5.38. The van der Waals surface area contributed by atoms with Crippen LogP contribution < -0.4 is 15.8 Å². The Balaban J connectivity index is 2.55. The molecule has 0 fully saturated rings. The molecule has 1 rings (SSSR count). The third-order valence-corrected chi connectivity index (χ3v) is 2.29. The second-order valence-corrected chi connectivity index (χ2v) is 3.61. The molecular formula is C12H18N2O2. The van der Waals surface area contributed by atoms with E-state index in [0.29, 0.717) is 6.42 Å². The number of carbonyl (C=O) groups excluding carboxylic acids is 1. The molecule has 1 atom stereocenters. The van der Waals surface area contributed by atoms with E-state index in [-0.39, 0.29) is 5.91 Å². The molecule has 0 saturated heterocycles. The second-order valence-electron chi connectivity index (χ2n) is 3.61. The van der Waals surface area contributed by atoms with E-state index in [2.05, 4.69) is 5.32 Å². The summed E-state index contributed by atoms with van der Waals surface area (Å²) in [6, 6.07) is 6.72. The lowest BCUT2D eigenvalue weighted by Gasteiger charge is -2.11. The highest BCUT2D eigenvalue weighted by Crippen LogP contribution is 2.15. The van der Waals surface area contributed by atoms with E-state index in [1.54, 1.807) is 31.4 Å². The topological polar surface area (TPSA) is 64.4 Å². The summed E-state index contributed by atoms with van der Waals surface area (Å²) >= 11 is 0. The van der Waals surface area contributed by atoms with E-state index >= 15 is 0 Å². The Morgan fingerprint density at radius 1 is 1.44 bits per heavy atom. The summed E-state index contributed by atoms with van der Waals surface area (Å²) in [6.45, 7) is 2.00. The van der Waals surface area contributed by atoms with Gasteiger partial charge in [0.15, 0.2) is 0 Å². The Bertz CT molecular complexity index is 335. The van der Waals surface area contributed by atoms with Gasteiger partial charge < -0.3 is 15.8 Å². The minimum atomic E-state index is -0.438. The summed E-state index contributed by atoms with van der Waals surface area (Å²) < 4.78 is 5.02. The molecular weight excluding hydrogens is 204 g/mol. The smallest absolute Gasteiger partial charge is 0.241 e. The van der Waals surface area contributed by atoms with E-state index in [4.69, 9.17) is 10.5 Å². The van der Waals surface area contributed by atoms with Crippen molar-refractivity contribution in [3.8, 4) is 5.75 Å². The van der Waals surface area contributed by atoms with Crippen molar-refractivity contribution >= 4 is 11.6 Å². The highest BCUT2D eigenvalue weighted by Gasteiger charge is 2.11. The lowest BCUT2D eigenvalue weighted by Crippen LogP contribution is -2.35. The zero-order valence-electron chi connectivity index (χ0n) is 9.69. The van der Waals surface area contributed by atoms with Crippen LogP contribution in [-0.4, -0.2) is 19.1 Å². The van der Waals surface area contributed by atoms with Gasteiger partial charge in [-0.2, -0.15) is 0 Å². The van der Waals surface area contributed by atoms with Crippen LogP contribution >= 0.6 is 0 Å². The summed E-state index contributed by atoms with van der Waals surface area (Å²) in [5, 5.41) is 2.76. The monoisotopic (exact) mass is 222 g/mol. The molecule has 4 nitrogen and oxygen atoms in total. The highest BCUT2D eigenvalue weighted by atomic mass is 16.5. The minimum absolute atomic E-state index is 0.146. The number of anilines is 1. The molecule has 0 aliphatic heterocycles. The molecule has 16 heavy (non-hydrogen) atoms. The van der Waals surface area contributed by atoms with Crippen molar-refractivity contribution in [1.82, 2.24) is 0 Å². The molecule has 0 unspecified atom stereocenters. The fraction of sp³-hybridized carbons (Fsp3) is 0.417. The Morgan fingerprint density at radius 3 is 2.56 bits per heavy atom. The lowest BCUT2D eigenvalue weighted by atomic mass is 10.1. The molecule has 1 amide bonds. The fourth-order valence-corrected chi connectivity index (χ4v) is 1.35. The van der Waals surface area contributed by atoms with Crippen LogP contribution in [0.25, 0.3) is 0 Å². The average molecular weight is 222 g/mol. The van der Waals surface area contributed by atoms with Crippen LogP contribution in [0.4, 0.5) is 5.69 Å². The number of ether oxygens (including phenoxy) is 1. The Labute approximate surface area is 95.8 Å². The number of amides is 1. The van der Waals surface area contributed by atoms with Crippen LogP contribution in [0, 0.1) is 0 Å². The summed E-state index contributed by atoms with van der Waals surface area (Å²) in [6.07, 6.45) is 1.60. The van der Waals surface area contributed by atoms with E-state index in [0.717, 1.165) is 17.9 Å². The maximum atomic E-state index is 11.6. The minimum Gasteiger partial charge on any atom is -0.497 e. The molecule has 0 radical (unpaired) electrons. The van der Waals surface area contributed by atoms with Crippen LogP contribution in [0.3, 0.4) is 0 Å². The van der Waals surface area contributed by atoms with Gasteiger partial charge in [-0.05, 0) is 30.7 Å². The van der Waals surface area contributed by atoms with Gasteiger partial charge in [0, 0.05) is 5.69 Å². The largest absolute Gasteiger partial charge is 0.497 e. The molecule has 88 valence electrons. The summed E-state index contributed by atoms with van der Waals surface area (Å²) in [7, 11) is 1.60. The molecule has 4 heteroatoms. The standard InChI is InChI=1S/C12H18N2O2/c1-3-4-11(13)12(15)14-9-5-7-10(16-2)8-6-9/h5-8,11H,3-4,13H2,1-2H3,(H,14,15)/t11-/m1/s1. The van der Waals surface area contributed by atoms with Gasteiger partial charge in [-0.1, -0.05) is 13.3 Å². The number of benzene rings is 1. The Morgan fingerprint density at radius 2 is 2.06 bits per heavy atom. The third-order valence-electron chi connectivity index (χ3n) is 2.29. The molecule has 0 aromatic heterocycles. The third kappa shape index (κ3) is 3.55. The molecule has 0 aliphatic carbocycles. The predicted octanol–water partition coefficient (Wildman–Crippen LogP) is 1.76. The van der Waals surface area contributed by atoms with Gasteiger partial charge in [0.2, 0.25) is 5.91 Å². The van der Waals surface area contributed by atoms with Crippen molar-refractivity contribution < 1.29 is 9.53 Å². The molecule has 0 bridgehead atoms. The number of hydrogen-bond donors (Lipinski definition) is 2. The van der Waals surface area contributed by atoms with Gasteiger partial charge in [0.25, 0.3) is 0 Å². The van der Waals surface area contributed by atoms with Crippen LogP contribution in [0.2, 0.25) is 0 Å². The molecule has 0 heterocycles.